The van der Waals surface area contributed by atoms with E-state index in [9.17, 15) is 23.2 Å². The van der Waals surface area contributed by atoms with Crippen molar-refractivity contribution in [3.8, 4) is 5.75 Å². The van der Waals surface area contributed by atoms with Crippen molar-refractivity contribution < 1.29 is 28.0 Å². The normalized spacial score (nSPS) is 27.2. The van der Waals surface area contributed by atoms with E-state index >= 15 is 0 Å². The van der Waals surface area contributed by atoms with Gasteiger partial charge in [0.15, 0.2) is 0 Å². The summed E-state index contributed by atoms with van der Waals surface area (Å²) in [7, 11) is -2.54. The zero-order valence-electron chi connectivity index (χ0n) is 17.6. The summed E-state index contributed by atoms with van der Waals surface area (Å²) in [6.45, 7) is 0.838. The van der Waals surface area contributed by atoms with Gasteiger partial charge in [0.1, 0.15) is 11.8 Å². The molecule has 2 amide bonds. The summed E-state index contributed by atoms with van der Waals surface area (Å²) in [5.74, 6) is -0.175. The molecule has 10 heteroatoms. The number of benzene rings is 1. The fourth-order valence-corrected chi connectivity index (χ4v) is 7.14. The van der Waals surface area contributed by atoms with Crippen LogP contribution in [-0.2, 0) is 19.6 Å². The second-order valence-corrected chi connectivity index (χ2v) is 10.5. The number of fused-ring (bicyclic) bond motifs is 1. The lowest BCUT2D eigenvalue weighted by atomic mass is 9.90. The zero-order chi connectivity index (χ0) is 22.2. The predicted molar refractivity (Wildman–Crippen MR) is 111 cm³/mol. The van der Waals surface area contributed by atoms with E-state index in [1.54, 1.807) is 22.5 Å². The van der Waals surface area contributed by atoms with Crippen LogP contribution in [0, 0.1) is 11.8 Å². The van der Waals surface area contributed by atoms with Gasteiger partial charge in [-0.25, -0.2) is 13.9 Å². The van der Waals surface area contributed by atoms with Gasteiger partial charge in [-0.05, 0) is 55.9 Å². The number of hydroxylamine groups is 1. The van der Waals surface area contributed by atoms with E-state index in [0.29, 0.717) is 25.1 Å². The average molecular weight is 452 g/mol. The number of carbonyl (C=O) groups is 2. The molecular weight excluding hydrogens is 422 g/mol. The molecule has 1 aromatic rings. The fourth-order valence-electron chi connectivity index (χ4n) is 5.31. The van der Waals surface area contributed by atoms with Gasteiger partial charge in [0, 0.05) is 25.0 Å². The number of carbonyl (C=O) groups excluding carboxylic acids is 2. The summed E-state index contributed by atoms with van der Waals surface area (Å²) in [5, 5.41) is 9.23. The standard InChI is InChI=1S/C21H29N3O6S/c1-30-16-6-8-17(9-7-16)31(28,29)24-18(20(25)22-27)12-15-10-11-23(13-19(15)24)21(26)14-4-2-3-5-14/h6-9,14-15,18-19,27H,2-5,10-13H2,1H3,(H,22,25)/t15-,18-,19-/m0/s1. The third-order valence-electron chi connectivity index (χ3n) is 6.95. The number of hydrogen-bond donors (Lipinski definition) is 2. The maximum atomic E-state index is 13.6. The third kappa shape index (κ3) is 4.04. The maximum Gasteiger partial charge on any atom is 0.261 e. The highest BCUT2D eigenvalue weighted by molar-refractivity contribution is 7.89. The van der Waals surface area contributed by atoms with Crippen LogP contribution in [0.5, 0.6) is 5.75 Å². The van der Waals surface area contributed by atoms with Crippen molar-refractivity contribution in [3.05, 3.63) is 24.3 Å². The Labute approximate surface area is 182 Å². The van der Waals surface area contributed by atoms with Crippen molar-refractivity contribution in [2.75, 3.05) is 20.2 Å². The van der Waals surface area contributed by atoms with Crippen LogP contribution in [0.2, 0.25) is 0 Å². The summed E-state index contributed by atoms with van der Waals surface area (Å²) in [4.78, 5) is 27.2. The van der Waals surface area contributed by atoms with Crippen molar-refractivity contribution in [3.63, 3.8) is 0 Å². The number of ether oxygens (including phenoxy) is 1. The second-order valence-electron chi connectivity index (χ2n) is 8.62. The Bertz CT molecular complexity index is 929. The van der Waals surface area contributed by atoms with Crippen molar-refractivity contribution in [2.24, 2.45) is 11.8 Å². The molecule has 1 aromatic carbocycles. The van der Waals surface area contributed by atoms with Crippen LogP contribution in [0.1, 0.15) is 38.5 Å². The molecular formula is C21H29N3O6S. The van der Waals surface area contributed by atoms with Crippen molar-refractivity contribution >= 4 is 21.8 Å². The van der Waals surface area contributed by atoms with Crippen LogP contribution in [0.25, 0.3) is 0 Å². The summed E-state index contributed by atoms with van der Waals surface area (Å²) in [6, 6.07) is 4.47. The minimum Gasteiger partial charge on any atom is -0.497 e. The highest BCUT2D eigenvalue weighted by Crippen LogP contribution is 2.40. The number of sulfonamides is 1. The van der Waals surface area contributed by atoms with E-state index in [0.717, 1.165) is 25.7 Å². The highest BCUT2D eigenvalue weighted by atomic mass is 32.2. The molecule has 3 aliphatic rings. The van der Waals surface area contributed by atoms with Gasteiger partial charge in [0.05, 0.1) is 12.0 Å². The molecule has 3 fully saturated rings. The van der Waals surface area contributed by atoms with Crippen molar-refractivity contribution in [2.45, 2.75) is 55.5 Å². The van der Waals surface area contributed by atoms with Gasteiger partial charge in [-0.1, -0.05) is 12.8 Å². The monoisotopic (exact) mass is 451 g/mol. The lowest BCUT2D eigenvalue weighted by molar-refractivity contribution is -0.137. The van der Waals surface area contributed by atoms with Gasteiger partial charge < -0.3 is 9.64 Å². The molecule has 1 saturated carbocycles. The fraction of sp³-hybridized carbons (Fsp3) is 0.619. The SMILES string of the molecule is COc1ccc(S(=O)(=O)N2[C@H](C(=O)NO)C[C@@H]3CCN(C(=O)C4CCCC4)C[C@@H]32)cc1. The van der Waals surface area contributed by atoms with E-state index in [4.69, 9.17) is 4.74 Å². The first-order chi connectivity index (χ1) is 14.9. The van der Waals surface area contributed by atoms with Gasteiger partial charge in [-0.3, -0.25) is 14.8 Å². The molecule has 0 radical (unpaired) electrons. The zero-order valence-corrected chi connectivity index (χ0v) is 18.4. The van der Waals surface area contributed by atoms with Gasteiger partial charge >= 0.3 is 0 Å². The molecule has 2 N–H and O–H groups in total. The number of nitrogens with one attached hydrogen (secondary N) is 1. The Morgan fingerprint density at radius 1 is 1.13 bits per heavy atom. The third-order valence-corrected chi connectivity index (χ3v) is 8.89. The first kappa shape index (κ1) is 22.0. The summed E-state index contributed by atoms with van der Waals surface area (Å²) >= 11 is 0. The van der Waals surface area contributed by atoms with Gasteiger partial charge in [0.2, 0.25) is 15.9 Å². The molecule has 0 aromatic heterocycles. The number of piperidine rings is 1. The van der Waals surface area contributed by atoms with Crippen LogP contribution in [-0.4, -0.2) is 66.9 Å². The first-order valence-corrected chi connectivity index (χ1v) is 12.2. The maximum absolute atomic E-state index is 13.6. The molecule has 2 aliphatic heterocycles. The van der Waals surface area contributed by atoms with Crippen LogP contribution >= 0.6 is 0 Å². The minimum absolute atomic E-state index is 0.0149. The highest BCUT2D eigenvalue weighted by Gasteiger charge is 2.53. The molecule has 31 heavy (non-hydrogen) atoms. The number of likely N-dealkylation sites (tertiary alicyclic amines) is 1. The summed E-state index contributed by atoms with van der Waals surface area (Å²) in [6.07, 6.45) is 4.81. The Morgan fingerprint density at radius 3 is 2.42 bits per heavy atom. The molecule has 0 bridgehead atoms. The number of amides is 2. The van der Waals surface area contributed by atoms with Crippen LogP contribution in [0.4, 0.5) is 0 Å². The Morgan fingerprint density at radius 2 is 1.81 bits per heavy atom. The second kappa shape index (κ2) is 8.76. The Balaban J connectivity index is 1.64. The topological polar surface area (TPSA) is 116 Å². The van der Waals surface area contributed by atoms with E-state index in [-0.39, 0.29) is 29.2 Å². The lowest BCUT2D eigenvalue weighted by Gasteiger charge is -2.39. The summed E-state index contributed by atoms with van der Waals surface area (Å²) < 4.78 is 33.5. The van der Waals surface area contributed by atoms with Crippen LogP contribution in [0.3, 0.4) is 0 Å². The van der Waals surface area contributed by atoms with Crippen molar-refractivity contribution in [1.82, 2.24) is 14.7 Å². The molecule has 170 valence electrons. The lowest BCUT2D eigenvalue weighted by Crippen LogP contribution is -2.55. The number of rotatable bonds is 5. The number of methoxy groups -OCH3 is 1. The molecule has 0 spiro atoms. The quantitative estimate of drug-likeness (QED) is 0.516. The Kier molecular flexibility index (Phi) is 6.23. The van der Waals surface area contributed by atoms with E-state index in [1.165, 1.54) is 23.5 Å². The van der Waals surface area contributed by atoms with Crippen LogP contribution in [0.15, 0.2) is 29.2 Å². The molecule has 3 atom stereocenters. The minimum atomic E-state index is -4.04. The molecule has 1 aliphatic carbocycles. The first-order valence-electron chi connectivity index (χ1n) is 10.8. The average Bonchev–Trinajstić information content (AvgIpc) is 3.46. The van der Waals surface area contributed by atoms with Crippen molar-refractivity contribution in [1.29, 1.82) is 0 Å². The van der Waals surface area contributed by atoms with E-state index < -0.39 is 28.0 Å². The largest absolute Gasteiger partial charge is 0.497 e. The number of hydrogen-bond acceptors (Lipinski definition) is 6. The molecule has 4 rings (SSSR count). The molecule has 0 unspecified atom stereocenters. The Hall–Kier alpha value is -2.17. The molecule has 9 nitrogen and oxygen atoms in total. The van der Waals surface area contributed by atoms with E-state index in [2.05, 4.69) is 0 Å². The van der Waals surface area contributed by atoms with Gasteiger partial charge in [-0.15, -0.1) is 0 Å². The van der Waals surface area contributed by atoms with Gasteiger partial charge in [0.25, 0.3) is 5.91 Å². The predicted octanol–water partition coefficient (Wildman–Crippen LogP) is 1.37. The van der Waals surface area contributed by atoms with Gasteiger partial charge in [-0.2, -0.15) is 4.31 Å². The smallest absolute Gasteiger partial charge is 0.261 e. The molecule has 2 heterocycles. The van der Waals surface area contributed by atoms with Crippen LogP contribution < -0.4 is 10.2 Å². The van der Waals surface area contributed by atoms with E-state index in [1.807, 2.05) is 0 Å². The summed E-state index contributed by atoms with van der Waals surface area (Å²) in [5.41, 5.74) is 1.62. The number of nitrogens with zero attached hydrogens (tertiary/aromatic N) is 2. The molecule has 2 saturated heterocycles.